The quantitative estimate of drug-likeness (QED) is 0.279. The monoisotopic (exact) mass is 504 g/mol. The molecule has 1 aromatic heterocycles. The van der Waals surface area contributed by atoms with E-state index in [0.29, 0.717) is 30.4 Å². The first-order chi connectivity index (χ1) is 17.4. The van der Waals surface area contributed by atoms with Crippen LogP contribution in [0.3, 0.4) is 0 Å². The molecule has 0 spiro atoms. The highest BCUT2D eigenvalue weighted by atomic mass is 32.2. The topological polar surface area (TPSA) is 98.5 Å². The summed E-state index contributed by atoms with van der Waals surface area (Å²) in [6, 6.07) is 19.2. The number of ether oxygens (including phenoxy) is 2. The van der Waals surface area contributed by atoms with Gasteiger partial charge in [-0.1, -0.05) is 35.9 Å². The molecule has 186 valence electrons. The number of carbonyl (C=O) groups is 1. The number of aromatic nitrogens is 2. The fraction of sp³-hybridized carbons (Fsp3) is 0.222. The van der Waals surface area contributed by atoms with E-state index in [-0.39, 0.29) is 5.91 Å². The minimum atomic E-state index is -0.0906. The van der Waals surface area contributed by atoms with Gasteiger partial charge in [-0.3, -0.25) is 9.52 Å². The summed E-state index contributed by atoms with van der Waals surface area (Å²) in [6.45, 7) is 4.30. The Bertz CT molecular complexity index is 1340. The Kier molecular flexibility index (Phi) is 8.24. The zero-order valence-corrected chi connectivity index (χ0v) is 21.4. The van der Waals surface area contributed by atoms with Gasteiger partial charge in [-0.25, -0.2) is 0 Å². The predicted octanol–water partition coefficient (Wildman–Crippen LogP) is 5.35. The molecule has 2 N–H and O–H groups in total. The normalized spacial score (nSPS) is 10.8. The largest absolute Gasteiger partial charge is 0.497 e. The van der Waals surface area contributed by atoms with Crippen molar-refractivity contribution in [1.29, 1.82) is 0 Å². The number of rotatable bonds is 10. The number of benzene rings is 3. The summed E-state index contributed by atoms with van der Waals surface area (Å²) < 4.78 is 19.8. The third-order valence-electron chi connectivity index (χ3n) is 5.45. The number of carbonyl (C=O) groups excluding carboxylic acids is 1. The Morgan fingerprint density at radius 3 is 2.47 bits per heavy atom. The van der Waals surface area contributed by atoms with Crippen LogP contribution in [0.1, 0.15) is 22.6 Å². The summed E-state index contributed by atoms with van der Waals surface area (Å²) in [5.41, 5.74) is 4.54. The van der Waals surface area contributed by atoms with Crippen LogP contribution in [0, 0.1) is 13.8 Å². The zero-order chi connectivity index (χ0) is 25.5. The van der Waals surface area contributed by atoms with E-state index in [1.54, 1.807) is 21.1 Å². The van der Waals surface area contributed by atoms with Crippen molar-refractivity contribution in [3.63, 3.8) is 0 Å². The average molecular weight is 505 g/mol. The van der Waals surface area contributed by atoms with E-state index in [4.69, 9.17) is 13.9 Å². The van der Waals surface area contributed by atoms with E-state index in [0.717, 1.165) is 38.6 Å². The third kappa shape index (κ3) is 6.44. The second kappa shape index (κ2) is 11.7. The molecule has 9 heteroatoms. The number of nitrogens with zero attached hydrogens (tertiary/aromatic N) is 2. The molecule has 1 amide bonds. The number of anilines is 1. The molecule has 0 atom stereocenters. The molecule has 0 saturated heterocycles. The fourth-order valence-corrected chi connectivity index (χ4v) is 4.39. The lowest BCUT2D eigenvalue weighted by atomic mass is 10.1. The van der Waals surface area contributed by atoms with Gasteiger partial charge in [-0.15, -0.1) is 10.2 Å². The van der Waals surface area contributed by atoms with Crippen LogP contribution in [-0.4, -0.2) is 30.3 Å². The molecule has 0 unspecified atom stereocenters. The molecule has 1 heterocycles. The molecule has 0 aliphatic rings. The van der Waals surface area contributed by atoms with Gasteiger partial charge in [0.2, 0.25) is 17.7 Å². The summed E-state index contributed by atoms with van der Waals surface area (Å²) in [6.07, 6.45) is 0.295. The van der Waals surface area contributed by atoms with Crippen molar-refractivity contribution in [3.8, 4) is 23.0 Å². The van der Waals surface area contributed by atoms with Gasteiger partial charge in [0, 0.05) is 35.7 Å². The molecule has 0 aliphatic heterocycles. The maximum absolute atomic E-state index is 12.7. The summed E-state index contributed by atoms with van der Waals surface area (Å²) in [7, 11) is 3.25. The fourth-order valence-electron chi connectivity index (χ4n) is 3.55. The predicted molar refractivity (Wildman–Crippen MR) is 140 cm³/mol. The molecule has 8 nitrogen and oxygen atoms in total. The Morgan fingerprint density at radius 2 is 1.78 bits per heavy atom. The highest BCUT2D eigenvalue weighted by molar-refractivity contribution is 7.97. The first kappa shape index (κ1) is 25.3. The molecular weight excluding hydrogens is 476 g/mol. The number of methoxy groups -OCH3 is 2. The van der Waals surface area contributed by atoms with Crippen molar-refractivity contribution < 1.29 is 18.7 Å². The van der Waals surface area contributed by atoms with Gasteiger partial charge in [-0.05, 0) is 48.7 Å². The molecular formula is C27H28N4O4S. The second-order valence-electron chi connectivity index (χ2n) is 8.15. The Labute approximate surface area is 214 Å². The van der Waals surface area contributed by atoms with Crippen LogP contribution in [-0.2, 0) is 17.8 Å². The first-order valence-electron chi connectivity index (χ1n) is 11.4. The molecule has 0 fully saturated rings. The van der Waals surface area contributed by atoms with Crippen molar-refractivity contribution in [2.45, 2.75) is 31.7 Å². The molecule has 3 aromatic carbocycles. The molecule has 0 aliphatic carbocycles. The molecule has 4 aromatic rings. The van der Waals surface area contributed by atoms with E-state index in [1.165, 1.54) is 11.9 Å². The van der Waals surface area contributed by atoms with Crippen molar-refractivity contribution >= 4 is 23.5 Å². The summed E-state index contributed by atoms with van der Waals surface area (Å²) >= 11 is 1.41. The molecule has 0 saturated carbocycles. The third-order valence-corrected chi connectivity index (χ3v) is 6.29. The highest BCUT2D eigenvalue weighted by Gasteiger charge is 2.15. The second-order valence-corrected chi connectivity index (χ2v) is 9.08. The smallest absolute Gasteiger partial charge is 0.248 e. The lowest BCUT2D eigenvalue weighted by Gasteiger charge is -2.13. The molecule has 36 heavy (non-hydrogen) atoms. The van der Waals surface area contributed by atoms with Crippen LogP contribution in [0.15, 0.2) is 70.0 Å². The van der Waals surface area contributed by atoms with Crippen molar-refractivity contribution in [3.05, 3.63) is 83.2 Å². The van der Waals surface area contributed by atoms with Crippen LogP contribution in [0.5, 0.6) is 11.5 Å². The number of nitrogens with one attached hydrogen (secondary N) is 2. The Hall–Kier alpha value is -3.82. The van der Waals surface area contributed by atoms with Crippen LogP contribution >= 0.6 is 11.9 Å². The Balaban J connectivity index is 1.50. The standard InChI is InChI=1S/C27H28N4O4S/c1-17-5-7-19(8-6-17)13-26(32)29-21-10-12-23(27-31-30-18(2)35-27)25(14-21)36-28-16-20-9-11-22(33-3)15-24(20)34-4/h5-12,14-15,28H,13,16H2,1-4H3,(H,29,32). The number of aryl methyl sites for hydroxylation is 2. The van der Waals surface area contributed by atoms with E-state index >= 15 is 0 Å². The van der Waals surface area contributed by atoms with Gasteiger partial charge in [0.05, 0.1) is 26.2 Å². The highest BCUT2D eigenvalue weighted by Crippen LogP contribution is 2.33. The lowest BCUT2D eigenvalue weighted by Crippen LogP contribution is -2.14. The van der Waals surface area contributed by atoms with Crippen LogP contribution in [0.4, 0.5) is 5.69 Å². The minimum Gasteiger partial charge on any atom is -0.497 e. The summed E-state index contributed by atoms with van der Waals surface area (Å²) in [5, 5.41) is 11.1. The van der Waals surface area contributed by atoms with Gasteiger partial charge < -0.3 is 19.2 Å². The van der Waals surface area contributed by atoms with Crippen LogP contribution in [0.25, 0.3) is 11.5 Å². The minimum absolute atomic E-state index is 0.0906. The number of amides is 1. The summed E-state index contributed by atoms with van der Waals surface area (Å²) in [5.74, 6) is 2.26. The molecule has 4 rings (SSSR count). The zero-order valence-electron chi connectivity index (χ0n) is 20.6. The van der Waals surface area contributed by atoms with Gasteiger partial charge >= 0.3 is 0 Å². The van der Waals surface area contributed by atoms with Gasteiger partial charge in [0.1, 0.15) is 11.5 Å². The van der Waals surface area contributed by atoms with Crippen molar-refractivity contribution in [1.82, 2.24) is 14.9 Å². The van der Waals surface area contributed by atoms with Crippen LogP contribution in [0.2, 0.25) is 0 Å². The first-order valence-corrected chi connectivity index (χ1v) is 12.2. The Morgan fingerprint density at radius 1 is 0.972 bits per heavy atom. The van der Waals surface area contributed by atoms with E-state index in [1.807, 2.05) is 67.6 Å². The van der Waals surface area contributed by atoms with E-state index < -0.39 is 0 Å². The summed E-state index contributed by atoms with van der Waals surface area (Å²) in [4.78, 5) is 13.5. The number of hydrogen-bond donors (Lipinski definition) is 2. The van der Waals surface area contributed by atoms with Gasteiger partial charge in [0.15, 0.2) is 0 Å². The maximum Gasteiger partial charge on any atom is 0.248 e. The van der Waals surface area contributed by atoms with Crippen molar-refractivity contribution in [2.75, 3.05) is 19.5 Å². The molecule has 0 radical (unpaired) electrons. The molecule has 0 bridgehead atoms. The lowest BCUT2D eigenvalue weighted by molar-refractivity contribution is -0.115. The van der Waals surface area contributed by atoms with Crippen LogP contribution < -0.4 is 19.5 Å². The SMILES string of the molecule is COc1ccc(CNSc2cc(NC(=O)Cc3ccc(C)cc3)ccc2-c2nnc(C)o2)c(OC)c1. The van der Waals surface area contributed by atoms with E-state index in [2.05, 4.69) is 20.2 Å². The van der Waals surface area contributed by atoms with Crippen molar-refractivity contribution in [2.24, 2.45) is 0 Å². The van der Waals surface area contributed by atoms with Gasteiger partial charge in [-0.2, -0.15) is 0 Å². The van der Waals surface area contributed by atoms with E-state index in [9.17, 15) is 4.79 Å². The van der Waals surface area contributed by atoms with Gasteiger partial charge in [0.25, 0.3) is 0 Å². The average Bonchev–Trinajstić information content (AvgIpc) is 3.31. The number of hydrogen-bond acceptors (Lipinski definition) is 8. The maximum atomic E-state index is 12.7.